The standard InChI is InChI=1S/C24H43IO2/c1-21-22(17-18-24(2,3)23(21)26)27-20-16-14-12-10-8-6-4-5-7-9-11-13-15-19-25/h4-20H2,1-3H3. The number of hydrogen-bond acceptors (Lipinski definition) is 2. The SMILES string of the molecule is CC1=C(OCCCCCCCCCCCCCCCI)CCC(C)(C)C1=O. The second kappa shape index (κ2) is 14.9. The number of carbonyl (C=O) groups excluding carboxylic acids is 1. The van der Waals surface area contributed by atoms with E-state index in [2.05, 4.69) is 22.6 Å². The summed E-state index contributed by atoms with van der Waals surface area (Å²) in [5.41, 5.74) is 0.655. The van der Waals surface area contributed by atoms with E-state index in [1.54, 1.807) is 0 Å². The quantitative estimate of drug-likeness (QED) is 0.124. The topological polar surface area (TPSA) is 26.3 Å². The van der Waals surface area contributed by atoms with E-state index in [1.165, 1.54) is 81.5 Å². The van der Waals surface area contributed by atoms with E-state index < -0.39 is 0 Å². The molecular formula is C24H43IO2. The molecule has 0 spiro atoms. The molecule has 0 saturated heterocycles. The molecule has 2 nitrogen and oxygen atoms in total. The molecule has 0 aliphatic heterocycles. The Labute approximate surface area is 182 Å². The first-order chi connectivity index (χ1) is 13.0. The lowest BCUT2D eigenvalue weighted by Crippen LogP contribution is -2.30. The Balaban J connectivity index is 1.90. The van der Waals surface area contributed by atoms with E-state index in [4.69, 9.17) is 4.74 Å². The van der Waals surface area contributed by atoms with Crippen LogP contribution in [0.2, 0.25) is 0 Å². The number of ketones is 1. The van der Waals surface area contributed by atoms with Crippen LogP contribution in [-0.2, 0) is 9.53 Å². The minimum Gasteiger partial charge on any atom is -0.498 e. The molecule has 0 saturated carbocycles. The highest BCUT2D eigenvalue weighted by Crippen LogP contribution is 2.35. The summed E-state index contributed by atoms with van der Waals surface area (Å²) in [5, 5.41) is 0. The third-order valence-electron chi connectivity index (χ3n) is 5.90. The minimum atomic E-state index is -0.203. The smallest absolute Gasteiger partial charge is 0.167 e. The summed E-state index contributed by atoms with van der Waals surface area (Å²) in [6, 6.07) is 0. The summed E-state index contributed by atoms with van der Waals surface area (Å²) in [6.45, 7) is 6.80. The molecule has 1 rings (SSSR count). The molecule has 3 heteroatoms. The van der Waals surface area contributed by atoms with Crippen molar-refractivity contribution in [3.63, 3.8) is 0 Å². The summed E-state index contributed by atoms with van der Waals surface area (Å²) in [5.74, 6) is 1.22. The third-order valence-corrected chi connectivity index (χ3v) is 6.67. The zero-order valence-corrected chi connectivity index (χ0v) is 20.4. The molecule has 0 aromatic rings. The molecule has 0 amide bonds. The van der Waals surface area contributed by atoms with Crippen molar-refractivity contribution in [3.05, 3.63) is 11.3 Å². The van der Waals surface area contributed by atoms with Crippen molar-refractivity contribution in [1.82, 2.24) is 0 Å². The molecule has 1 aliphatic rings. The predicted molar refractivity (Wildman–Crippen MR) is 126 cm³/mol. The van der Waals surface area contributed by atoms with Gasteiger partial charge in [-0.25, -0.2) is 0 Å². The Morgan fingerprint density at radius 1 is 0.815 bits per heavy atom. The summed E-state index contributed by atoms with van der Waals surface area (Å²) in [4.78, 5) is 12.3. The molecule has 0 aromatic heterocycles. The molecule has 0 unspecified atom stereocenters. The van der Waals surface area contributed by atoms with Crippen LogP contribution >= 0.6 is 22.6 Å². The van der Waals surface area contributed by atoms with Gasteiger partial charge in [0.05, 0.1) is 6.61 Å². The Morgan fingerprint density at radius 2 is 1.26 bits per heavy atom. The van der Waals surface area contributed by atoms with Crippen LogP contribution in [0.1, 0.15) is 117 Å². The van der Waals surface area contributed by atoms with Crippen LogP contribution in [0.4, 0.5) is 0 Å². The fourth-order valence-electron chi connectivity index (χ4n) is 3.88. The second-order valence-corrected chi connectivity index (χ2v) is 9.97. The zero-order chi connectivity index (χ0) is 20.0. The van der Waals surface area contributed by atoms with Gasteiger partial charge in [0.25, 0.3) is 0 Å². The van der Waals surface area contributed by atoms with Crippen molar-refractivity contribution in [2.45, 2.75) is 117 Å². The first-order valence-corrected chi connectivity index (χ1v) is 12.9. The molecule has 1 aliphatic carbocycles. The van der Waals surface area contributed by atoms with E-state index in [9.17, 15) is 4.79 Å². The number of ether oxygens (including phenoxy) is 1. The molecule has 0 atom stereocenters. The van der Waals surface area contributed by atoms with Crippen LogP contribution in [0, 0.1) is 5.41 Å². The second-order valence-electron chi connectivity index (χ2n) is 8.89. The highest BCUT2D eigenvalue weighted by atomic mass is 127. The van der Waals surface area contributed by atoms with Crippen LogP contribution in [0.25, 0.3) is 0 Å². The number of unbranched alkanes of at least 4 members (excludes halogenated alkanes) is 12. The van der Waals surface area contributed by atoms with Crippen LogP contribution in [0.3, 0.4) is 0 Å². The van der Waals surface area contributed by atoms with Crippen LogP contribution < -0.4 is 0 Å². The van der Waals surface area contributed by atoms with E-state index in [0.717, 1.165) is 37.2 Å². The molecule has 0 aromatic carbocycles. The molecule has 0 N–H and O–H groups in total. The van der Waals surface area contributed by atoms with Crippen molar-refractivity contribution in [2.75, 3.05) is 11.0 Å². The summed E-state index contributed by atoms with van der Waals surface area (Å²) in [7, 11) is 0. The normalized spacial score (nSPS) is 16.8. The van der Waals surface area contributed by atoms with Gasteiger partial charge in [0.2, 0.25) is 0 Å². The molecule has 0 heterocycles. The van der Waals surface area contributed by atoms with Crippen molar-refractivity contribution in [3.8, 4) is 0 Å². The minimum absolute atomic E-state index is 0.203. The van der Waals surface area contributed by atoms with Crippen LogP contribution in [0.5, 0.6) is 0 Å². The Hall–Kier alpha value is -0.0600. The van der Waals surface area contributed by atoms with Gasteiger partial charge in [0.1, 0.15) is 5.76 Å². The third kappa shape index (κ3) is 10.9. The fraction of sp³-hybridized carbons (Fsp3) is 0.875. The van der Waals surface area contributed by atoms with E-state index in [1.807, 2.05) is 20.8 Å². The van der Waals surface area contributed by atoms with E-state index in [-0.39, 0.29) is 11.2 Å². The number of rotatable bonds is 16. The Morgan fingerprint density at radius 3 is 1.74 bits per heavy atom. The lowest BCUT2D eigenvalue weighted by Gasteiger charge is -2.30. The maximum Gasteiger partial charge on any atom is 0.167 e. The highest BCUT2D eigenvalue weighted by Gasteiger charge is 2.34. The number of carbonyl (C=O) groups is 1. The van der Waals surface area contributed by atoms with Gasteiger partial charge in [0, 0.05) is 17.4 Å². The molecule has 0 radical (unpaired) electrons. The molecule has 27 heavy (non-hydrogen) atoms. The van der Waals surface area contributed by atoms with Crippen molar-refractivity contribution in [2.24, 2.45) is 5.41 Å². The highest BCUT2D eigenvalue weighted by molar-refractivity contribution is 14.1. The van der Waals surface area contributed by atoms with Crippen molar-refractivity contribution in [1.29, 1.82) is 0 Å². The van der Waals surface area contributed by atoms with Gasteiger partial charge in [0.15, 0.2) is 5.78 Å². The number of allylic oxidation sites excluding steroid dienone is 2. The van der Waals surface area contributed by atoms with Crippen LogP contribution in [0.15, 0.2) is 11.3 Å². The lowest BCUT2D eigenvalue weighted by molar-refractivity contribution is -0.124. The van der Waals surface area contributed by atoms with Crippen molar-refractivity contribution < 1.29 is 9.53 Å². The molecule has 0 fully saturated rings. The monoisotopic (exact) mass is 490 g/mol. The van der Waals surface area contributed by atoms with Gasteiger partial charge in [-0.05, 0) is 30.6 Å². The van der Waals surface area contributed by atoms with Crippen LogP contribution in [-0.4, -0.2) is 16.8 Å². The molecule has 158 valence electrons. The van der Waals surface area contributed by atoms with Gasteiger partial charge < -0.3 is 4.74 Å². The van der Waals surface area contributed by atoms with Gasteiger partial charge in [-0.15, -0.1) is 0 Å². The van der Waals surface area contributed by atoms with E-state index in [0.29, 0.717) is 0 Å². The summed E-state index contributed by atoms with van der Waals surface area (Å²) < 4.78 is 7.24. The maximum absolute atomic E-state index is 12.3. The van der Waals surface area contributed by atoms with Crippen molar-refractivity contribution >= 4 is 28.4 Å². The fourth-order valence-corrected chi connectivity index (χ4v) is 4.42. The Kier molecular flexibility index (Phi) is 13.8. The summed E-state index contributed by atoms with van der Waals surface area (Å²) in [6.07, 6.45) is 19.7. The maximum atomic E-state index is 12.3. The zero-order valence-electron chi connectivity index (χ0n) is 18.2. The number of alkyl halides is 1. The largest absolute Gasteiger partial charge is 0.498 e. The summed E-state index contributed by atoms with van der Waals surface area (Å²) >= 11 is 2.48. The van der Waals surface area contributed by atoms with Gasteiger partial charge in [-0.1, -0.05) is 107 Å². The van der Waals surface area contributed by atoms with Gasteiger partial charge in [-0.3, -0.25) is 4.79 Å². The first kappa shape index (κ1) is 25.0. The Bertz CT molecular complexity index is 440. The lowest BCUT2D eigenvalue weighted by atomic mass is 9.76. The van der Waals surface area contributed by atoms with Gasteiger partial charge in [-0.2, -0.15) is 0 Å². The van der Waals surface area contributed by atoms with E-state index >= 15 is 0 Å². The number of Topliss-reactive ketones (excluding diaryl/α,β-unsaturated/α-hetero) is 1. The predicted octanol–water partition coefficient (Wildman–Crippen LogP) is 8.17. The van der Waals surface area contributed by atoms with Gasteiger partial charge >= 0.3 is 0 Å². The molecule has 0 bridgehead atoms. The average Bonchev–Trinajstić information content (AvgIpc) is 2.65. The number of halogens is 1. The number of hydrogen-bond donors (Lipinski definition) is 0. The first-order valence-electron chi connectivity index (χ1n) is 11.4. The molecular weight excluding hydrogens is 447 g/mol. The average molecular weight is 491 g/mol.